The Hall–Kier alpha value is -2.03. The molecular formula is C13H12O3. The second-order valence-corrected chi connectivity index (χ2v) is 3.62. The standard InChI is InChI=1S/C13H12O3/c1-3-4-10-11(14)6-5-9-8(2)7-12(15)16-13(9)10/h3-7,14H,1-2H3/b4-3+. The van der Waals surface area contributed by atoms with Crippen LogP contribution in [0.25, 0.3) is 17.0 Å². The monoisotopic (exact) mass is 216 g/mol. The summed E-state index contributed by atoms with van der Waals surface area (Å²) in [4.78, 5) is 11.3. The second kappa shape index (κ2) is 3.85. The molecule has 0 atom stereocenters. The Balaban J connectivity index is 2.97. The Morgan fingerprint density at radius 2 is 2.12 bits per heavy atom. The van der Waals surface area contributed by atoms with Gasteiger partial charge in [0.05, 0.1) is 5.56 Å². The van der Waals surface area contributed by atoms with E-state index in [4.69, 9.17) is 4.42 Å². The average Bonchev–Trinajstić information content (AvgIpc) is 2.22. The minimum atomic E-state index is -0.402. The summed E-state index contributed by atoms with van der Waals surface area (Å²) in [5, 5.41) is 10.5. The Kier molecular flexibility index (Phi) is 2.52. The lowest BCUT2D eigenvalue weighted by atomic mass is 10.1. The van der Waals surface area contributed by atoms with Gasteiger partial charge in [0.1, 0.15) is 11.3 Å². The summed E-state index contributed by atoms with van der Waals surface area (Å²) < 4.78 is 5.14. The van der Waals surface area contributed by atoms with Gasteiger partial charge in [0, 0.05) is 11.5 Å². The molecule has 0 amide bonds. The zero-order valence-electron chi connectivity index (χ0n) is 9.15. The van der Waals surface area contributed by atoms with E-state index < -0.39 is 5.63 Å². The van der Waals surface area contributed by atoms with Gasteiger partial charge in [-0.1, -0.05) is 12.2 Å². The van der Waals surface area contributed by atoms with E-state index in [0.29, 0.717) is 11.1 Å². The number of phenols is 1. The van der Waals surface area contributed by atoms with Crippen molar-refractivity contribution in [1.29, 1.82) is 0 Å². The van der Waals surface area contributed by atoms with Gasteiger partial charge in [-0.25, -0.2) is 4.79 Å². The molecule has 82 valence electrons. The van der Waals surface area contributed by atoms with Gasteiger partial charge in [-0.2, -0.15) is 0 Å². The molecule has 1 aromatic heterocycles. The molecule has 0 unspecified atom stereocenters. The van der Waals surface area contributed by atoms with Crippen molar-refractivity contribution in [2.24, 2.45) is 0 Å². The molecule has 0 saturated heterocycles. The molecular weight excluding hydrogens is 204 g/mol. The van der Waals surface area contributed by atoms with E-state index in [-0.39, 0.29) is 5.75 Å². The first-order valence-corrected chi connectivity index (χ1v) is 5.02. The molecule has 0 saturated carbocycles. The lowest BCUT2D eigenvalue weighted by Gasteiger charge is -2.05. The van der Waals surface area contributed by atoms with Crippen molar-refractivity contribution in [3.8, 4) is 5.75 Å². The first-order valence-electron chi connectivity index (χ1n) is 5.02. The van der Waals surface area contributed by atoms with Gasteiger partial charge < -0.3 is 9.52 Å². The molecule has 2 rings (SSSR count). The topological polar surface area (TPSA) is 50.4 Å². The van der Waals surface area contributed by atoms with Gasteiger partial charge in [-0.05, 0) is 31.5 Å². The predicted octanol–water partition coefficient (Wildman–Crippen LogP) is 2.84. The number of allylic oxidation sites excluding steroid dienone is 1. The summed E-state index contributed by atoms with van der Waals surface area (Å²) in [6.07, 6.45) is 3.51. The van der Waals surface area contributed by atoms with Crippen molar-refractivity contribution in [3.63, 3.8) is 0 Å². The van der Waals surface area contributed by atoms with Crippen LogP contribution in [0.5, 0.6) is 5.75 Å². The van der Waals surface area contributed by atoms with Crippen LogP contribution in [0.2, 0.25) is 0 Å². The third-order valence-corrected chi connectivity index (χ3v) is 2.47. The molecule has 0 aliphatic heterocycles. The van der Waals surface area contributed by atoms with Crippen LogP contribution < -0.4 is 5.63 Å². The van der Waals surface area contributed by atoms with Crippen LogP contribution in [0, 0.1) is 6.92 Å². The van der Waals surface area contributed by atoms with Gasteiger partial charge in [0.15, 0.2) is 0 Å². The number of hydrogen-bond donors (Lipinski definition) is 1. The maximum atomic E-state index is 11.3. The molecule has 1 heterocycles. The second-order valence-electron chi connectivity index (χ2n) is 3.62. The molecule has 0 radical (unpaired) electrons. The minimum Gasteiger partial charge on any atom is -0.507 e. The van der Waals surface area contributed by atoms with Crippen LogP contribution in [0.15, 0.2) is 33.5 Å². The van der Waals surface area contributed by atoms with Crippen molar-refractivity contribution in [2.75, 3.05) is 0 Å². The van der Waals surface area contributed by atoms with Crippen LogP contribution in [0.3, 0.4) is 0 Å². The number of rotatable bonds is 1. The number of hydrogen-bond acceptors (Lipinski definition) is 3. The molecule has 1 N–H and O–H groups in total. The summed E-state index contributed by atoms with van der Waals surface area (Å²) >= 11 is 0. The Labute approximate surface area is 92.6 Å². The maximum Gasteiger partial charge on any atom is 0.336 e. The largest absolute Gasteiger partial charge is 0.507 e. The van der Waals surface area contributed by atoms with Crippen molar-refractivity contribution < 1.29 is 9.52 Å². The van der Waals surface area contributed by atoms with Crippen LogP contribution in [0.4, 0.5) is 0 Å². The maximum absolute atomic E-state index is 11.3. The summed E-state index contributed by atoms with van der Waals surface area (Å²) in [5.41, 5.74) is 1.42. The number of aromatic hydroxyl groups is 1. The molecule has 2 aromatic rings. The van der Waals surface area contributed by atoms with Gasteiger partial charge in [0.2, 0.25) is 0 Å². The van der Waals surface area contributed by atoms with Gasteiger partial charge in [0.25, 0.3) is 0 Å². The highest BCUT2D eigenvalue weighted by Crippen LogP contribution is 2.28. The van der Waals surface area contributed by atoms with Crippen molar-refractivity contribution >= 4 is 17.0 Å². The first-order chi connectivity index (χ1) is 7.63. The molecule has 3 heteroatoms. The van der Waals surface area contributed by atoms with E-state index in [1.165, 1.54) is 6.07 Å². The van der Waals surface area contributed by atoms with Crippen molar-refractivity contribution in [3.05, 3.63) is 45.8 Å². The SMILES string of the molecule is C/C=C/c1c(O)ccc2c(C)cc(=O)oc12. The van der Waals surface area contributed by atoms with Gasteiger partial charge in [-0.3, -0.25) is 0 Å². The quantitative estimate of drug-likeness (QED) is 0.746. The number of aryl methyl sites for hydroxylation is 1. The van der Waals surface area contributed by atoms with E-state index in [1.807, 2.05) is 13.8 Å². The van der Waals surface area contributed by atoms with Crippen LogP contribution >= 0.6 is 0 Å². The minimum absolute atomic E-state index is 0.111. The summed E-state index contributed by atoms with van der Waals surface area (Å²) in [7, 11) is 0. The lowest BCUT2D eigenvalue weighted by Crippen LogP contribution is -1.98. The number of fused-ring (bicyclic) bond motifs is 1. The fourth-order valence-corrected chi connectivity index (χ4v) is 1.72. The van der Waals surface area contributed by atoms with E-state index in [2.05, 4.69) is 0 Å². The molecule has 1 aromatic carbocycles. The van der Waals surface area contributed by atoms with Gasteiger partial charge in [-0.15, -0.1) is 0 Å². The highest BCUT2D eigenvalue weighted by molar-refractivity contribution is 5.90. The molecule has 0 fully saturated rings. The Morgan fingerprint density at radius 1 is 1.38 bits per heavy atom. The molecule has 0 spiro atoms. The van der Waals surface area contributed by atoms with Crippen molar-refractivity contribution in [1.82, 2.24) is 0 Å². The fraction of sp³-hybridized carbons (Fsp3) is 0.154. The fourth-order valence-electron chi connectivity index (χ4n) is 1.72. The molecule has 3 nitrogen and oxygen atoms in total. The summed E-state index contributed by atoms with van der Waals surface area (Å²) in [6.45, 7) is 3.68. The van der Waals surface area contributed by atoms with Crippen molar-refractivity contribution in [2.45, 2.75) is 13.8 Å². The van der Waals surface area contributed by atoms with E-state index in [0.717, 1.165) is 10.9 Å². The average molecular weight is 216 g/mol. The first kappa shape index (κ1) is 10.5. The highest BCUT2D eigenvalue weighted by atomic mass is 16.4. The zero-order chi connectivity index (χ0) is 11.7. The van der Waals surface area contributed by atoms with Crippen LogP contribution in [-0.2, 0) is 0 Å². The molecule has 0 aliphatic rings. The highest BCUT2D eigenvalue weighted by Gasteiger charge is 2.09. The molecule has 16 heavy (non-hydrogen) atoms. The molecule has 0 aliphatic carbocycles. The third-order valence-electron chi connectivity index (χ3n) is 2.47. The summed E-state index contributed by atoms with van der Waals surface area (Å²) in [5.74, 6) is 0.111. The molecule has 0 bridgehead atoms. The Morgan fingerprint density at radius 3 is 2.81 bits per heavy atom. The summed E-state index contributed by atoms with van der Waals surface area (Å²) in [6, 6.07) is 4.79. The number of benzene rings is 1. The van der Waals surface area contributed by atoms with E-state index in [9.17, 15) is 9.90 Å². The lowest BCUT2D eigenvalue weighted by molar-refractivity contribution is 0.471. The predicted molar refractivity (Wildman–Crippen MR) is 63.6 cm³/mol. The zero-order valence-corrected chi connectivity index (χ0v) is 9.15. The Bertz CT molecular complexity index is 621. The van der Waals surface area contributed by atoms with Crippen LogP contribution in [-0.4, -0.2) is 5.11 Å². The van der Waals surface area contributed by atoms with E-state index >= 15 is 0 Å². The van der Waals surface area contributed by atoms with Crippen LogP contribution in [0.1, 0.15) is 18.1 Å². The number of phenolic OH excluding ortho intramolecular Hbond substituents is 1. The van der Waals surface area contributed by atoms with Gasteiger partial charge >= 0.3 is 5.63 Å². The third kappa shape index (κ3) is 1.60. The normalized spacial score (nSPS) is 11.4. The van der Waals surface area contributed by atoms with E-state index in [1.54, 1.807) is 24.3 Å². The smallest absolute Gasteiger partial charge is 0.336 e.